The van der Waals surface area contributed by atoms with Gasteiger partial charge in [0, 0.05) is 25.6 Å². The third kappa shape index (κ3) is 3.18. The molecule has 2 rings (SSSR count). The molecule has 2 N–H and O–H groups in total. The summed E-state index contributed by atoms with van der Waals surface area (Å²) < 4.78 is 12.9. The lowest BCUT2D eigenvalue weighted by molar-refractivity contribution is -0.134. The van der Waals surface area contributed by atoms with Gasteiger partial charge in [-0.3, -0.25) is 14.4 Å². The van der Waals surface area contributed by atoms with Gasteiger partial charge in [-0.25, -0.2) is 4.39 Å². The third-order valence-electron chi connectivity index (χ3n) is 3.51. The van der Waals surface area contributed by atoms with E-state index in [1.54, 1.807) is 0 Å². The monoisotopic (exact) mass is 293 g/mol. The standard InChI is InChI=1S/C14H16FN3O3/c1-9(19)17-6-7-18(12(8-17)13(16)20)14(21)10-2-4-11(15)5-3-10/h2-5,12H,6-8H2,1H3,(H2,16,20)/t12-/m1/s1. The summed E-state index contributed by atoms with van der Waals surface area (Å²) in [6.07, 6.45) is 0. The Labute approximate surface area is 121 Å². The van der Waals surface area contributed by atoms with Crippen LogP contribution in [0, 0.1) is 5.82 Å². The van der Waals surface area contributed by atoms with Gasteiger partial charge in [0.05, 0.1) is 6.54 Å². The lowest BCUT2D eigenvalue weighted by Crippen LogP contribution is -2.60. The van der Waals surface area contributed by atoms with Crippen molar-refractivity contribution in [1.82, 2.24) is 9.80 Å². The Morgan fingerprint density at radius 3 is 2.33 bits per heavy atom. The molecule has 7 heteroatoms. The molecular formula is C14H16FN3O3. The van der Waals surface area contributed by atoms with Crippen LogP contribution in [0.3, 0.4) is 0 Å². The third-order valence-corrected chi connectivity index (χ3v) is 3.51. The topological polar surface area (TPSA) is 83.7 Å². The Morgan fingerprint density at radius 1 is 1.19 bits per heavy atom. The maximum Gasteiger partial charge on any atom is 0.254 e. The number of carbonyl (C=O) groups is 3. The van der Waals surface area contributed by atoms with E-state index in [1.165, 1.54) is 41.0 Å². The average Bonchev–Trinajstić information content (AvgIpc) is 2.46. The molecule has 21 heavy (non-hydrogen) atoms. The number of nitrogens with zero attached hydrogens (tertiary/aromatic N) is 2. The summed E-state index contributed by atoms with van der Waals surface area (Å²) in [6.45, 7) is 2.03. The van der Waals surface area contributed by atoms with E-state index in [9.17, 15) is 18.8 Å². The first-order valence-corrected chi connectivity index (χ1v) is 6.51. The van der Waals surface area contributed by atoms with Gasteiger partial charge in [-0.15, -0.1) is 0 Å². The molecule has 0 aromatic heterocycles. The number of benzene rings is 1. The number of nitrogens with two attached hydrogens (primary N) is 1. The Balaban J connectivity index is 2.21. The van der Waals surface area contributed by atoms with Crippen LogP contribution in [0.1, 0.15) is 17.3 Å². The number of piperazine rings is 1. The van der Waals surface area contributed by atoms with E-state index in [1.807, 2.05) is 0 Å². The molecule has 1 aliphatic rings. The van der Waals surface area contributed by atoms with Crippen molar-refractivity contribution in [3.63, 3.8) is 0 Å². The van der Waals surface area contributed by atoms with Crippen LogP contribution in [-0.4, -0.2) is 53.2 Å². The first-order chi connectivity index (χ1) is 9.90. The highest BCUT2D eigenvalue weighted by Gasteiger charge is 2.35. The Kier molecular flexibility index (Phi) is 4.21. The maximum atomic E-state index is 12.9. The number of carbonyl (C=O) groups excluding carboxylic acids is 3. The van der Waals surface area contributed by atoms with Gasteiger partial charge in [-0.1, -0.05) is 0 Å². The van der Waals surface area contributed by atoms with Crippen LogP contribution in [0.5, 0.6) is 0 Å². The average molecular weight is 293 g/mol. The van der Waals surface area contributed by atoms with E-state index in [-0.39, 0.29) is 24.6 Å². The maximum absolute atomic E-state index is 12.9. The van der Waals surface area contributed by atoms with Gasteiger partial charge >= 0.3 is 0 Å². The highest BCUT2D eigenvalue weighted by Crippen LogP contribution is 2.15. The zero-order valence-corrected chi connectivity index (χ0v) is 11.6. The fourth-order valence-corrected chi connectivity index (χ4v) is 2.31. The normalized spacial score (nSPS) is 18.5. The molecule has 0 radical (unpaired) electrons. The van der Waals surface area contributed by atoms with Gasteiger partial charge in [-0.2, -0.15) is 0 Å². The Bertz CT molecular complexity index is 573. The van der Waals surface area contributed by atoms with Crippen molar-refractivity contribution in [2.45, 2.75) is 13.0 Å². The molecule has 1 aliphatic heterocycles. The molecule has 6 nitrogen and oxygen atoms in total. The molecule has 3 amide bonds. The van der Waals surface area contributed by atoms with Crippen molar-refractivity contribution in [3.8, 4) is 0 Å². The Morgan fingerprint density at radius 2 is 1.81 bits per heavy atom. The largest absolute Gasteiger partial charge is 0.368 e. The zero-order valence-electron chi connectivity index (χ0n) is 11.6. The SMILES string of the molecule is CC(=O)N1CCN(C(=O)c2ccc(F)cc2)[C@@H](C(N)=O)C1. The van der Waals surface area contributed by atoms with Crippen molar-refractivity contribution < 1.29 is 18.8 Å². The minimum absolute atomic E-state index is 0.0810. The number of rotatable bonds is 2. The van der Waals surface area contributed by atoms with Crippen molar-refractivity contribution in [3.05, 3.63) is 35.6 Å². The molecule has 0 unspecified atom stereocenters. The molecule has 1 atom stereocenters. The number of amides is 3. The number of halogens is 1. The van der Waals surface area contributed by atoms with Gasteiger partial charge in [-0.05, 0) is 24.3 Å². The molecule has 1 fully saturated rings. The van der Waals surface area contributed by atoms with Gasteiger partial charge < -0.3 is 15.5 Å². The lowest BCUT2D eigenvalue weighted by atomic mass is 10.1. The number of hydrogen-bond acceptors (Lipinski definition) is 3. The van der Waals surface area contributed by atoms with Crippen molar-refractivity contribution in [1.29, 1.82) is 0 Å². The van der Waals surface area contributed by atoms with Crippen molar-refractivity contribution in [2.75, 3.05) is 19.6 Å². The summed E-state index contributed by atoms with van der Waals surface area (Å²) >= 11 is 0. The van der Waals surface area contributed by atoms with Crippen LogP contribution < -0.4 is 5.73 Å². The van der Waals surface area contributed by atoms with Crippen LogP contribution in [0.2, 0.25) is 0 Å². The second-order valence-electron chi connectivity index (χ2n) is 4.89. The van der Waals surface area contributed by atoms with E-state index in [0.29, 0.717) is 6.54 Å². The highest BCUT2D eigenvalue weighted by molar-refractivity contribution is 5.97. The first kappa shape index (κ1) is 15.0. The van der Waals surface area contributed by atoms with E-state index < -0.39 is 23.7 Å². The first-order valence-electron chi connectivity index (χ1n) is 6.51. The van der Waals surface area contributed by atoms with Crippen molar-refractivity contribution >= 4 is 17.7 Å². The van der Waals surface area contributed by atoms with Crippen LogP contribution >= 0.6 is 0 Å². The summed E-state index contributed by atoms with van der Waals surface area (Å²) in [5.41, 5.74) is 5.61. The van der Waals surface area contributed by atoms with Gasteiger partial charge in [0.2, 0.25) is 11.8 Å². The van der Waals surface area contributed by atoms with Crippen LogP contribution in [-0.2, 0) is 9.59 Å². The molecule has 1 saturated heterocycles. The summed E-state index contributed by atoms with van der Waals surface area (Å²) in [7, 11) is 0. The van der Waals surface area contributed by atoms with E-state index in [4.69, 9.17) is 5.73 Å². The minimum atomic E-state index is -0.875. The molecule has 112 valence electrons. The van der Waals surface area contributed by atoms with E-state index >= 15 is 0 Å². The highest BCUT2D eigenvalue weighted by atomic mass is 19.1. The Hall–Kier alpha value is -2.44. The minimum Gasteiger partial charge on any atom is -0.368 e. The van der Waals surface area contributed by atoms with Gasteiger partial charge in [0.15, 0.2) is 0 Å². The summed E-state index contributed by atoms with van der Waals surface area (Å²) in [6, 6.07) is 4.19. The second-order valence-corrected chi connectivity index (χ2v) is 4.89. The molecule has 0 bridgehead atoms. The van der Waals surface area contributed by atoms with Crippen molar-refractivity contribution in [2.24, 2.45) is 5.73 Å². The molecule has 1 aromatic carbocycles. The molecule has 1 heterocycles. The molecule has 0 aliphatic carbocycles. The lowest BCUT2D eigenvalue weighted by Gasteiger charge is -2.39. The predicted octanol–water partition coefficient (Wildman–Crippen LogP) is -0.0161. The summed E-state index contributed by atoms with van der Waals surface area (Å²) in [5.74, 6) is -1.69. The number of primary amides is 1. The van der Waals surface area contributed by atoms with Crippen LogP contribution in [0.15, 0.2) is 24.3 Å². The molecule has 1 aromatic rings. The van der Waals surface area contributed by atoms with E-state index in [2.05, 4.69) is 0 Å². The zero-order chi connectivity index (χ0) is 15.6. The number of hydrogen-bond donors (Lipinski definition) is 1. The smallest absolute Gasteiger partial charge is 0.254 e. The summed E-state index contributed by atoms with van der Waals surface area (Å²) in [4.78, 5) is 38.1. The summed E-state index contributed by atoms with van der Waals surface area (Å²) in [5, 5.41) is 0. The van der Waals surface area contributed by atoms with Crippen LogP contribution in [0.25, 0.3) is 0 Å². The molecule has 0 spiro atoms. The fraction of sp³-hybridized carbons (Fsp3) is 0.357. The van der Waals surface area contributed by atoms with E-state index in [0.717, 1.165) is 0 Å². The molecular weight excluding hydrogens is 277 g/mol. The predicted molar refractivity (Wildman–Crippen MR) is 72.7 cm³/mol. The fourth-order valence-electron chi connectivity index (χ4n) is 2.31. The second kappa shape index (κ2) is 5.90. The van der Waals surface area contributed by atoms with Gasteiger partial charge in [0.25, 0.3) is 5.91 Å². The van der Waals surface area contributed by atoms with Crippen LogP contribution in [0.4, 0.5) is 4.39 Å². The van der Waals surface area contributed by atoms with Gasteiger partial charge in [0.1, 0.15) is 11.9 Å². The quantitative estimate of drug-likeness (QED) is 0.832. The molecule has 0 saturated carbocycles.